The van der Waals surface area contributed by atoms with E-state index >= 15 is 0 Å². The minimum atomic E-state index is 0.323. The summed E-state index contributed by atoms with van der Waals surface area (Å²) in [6.07, 6.45) is 0. The summed E-state index contributed by atoms with van der Waals surface area (Å²) in [6.45, 7) is 4.09. The smallest absolute Gasteiger partial charge is 0.170 e. The Bertz CT molecular complexity index is 965. The Morgan fingerprint density at radius 1 is 0.690 bits per heavy atom. The molecule has 150 valence electrons. The number of amidine groups is 2. The molecule has 0 aliphatic heterocycles. The highest BCUT2D eigenvalue weighted by molar-refractivity contribution is 5.98. The monoisotopic (exact) mass is 392 g/mol. The van der Waals surface area contributed by atoms with Crippen LogP contribution in [0.4, 0.5) is 0 Å². The third kappa shape index (κ3) is 4.08. The first kappa shape index (κ1) is 20.0. The van der Waals surface area contributed by atoms with E-state index in [4.69, 9.17) is 25.6 Å². The van der Waals surface area contributed by atoms with E-state index in [0.29, 0.717) is 11.7 Å². The Labute approximate surface area is 169 Å². The Hall–Kier alpha value is -3.74. The second kappa shape index (κ2) is 8.52. The molecule has 7 heteroatoms. The van der Waals surface area contributed by atoms with Crippen LogP contribution in [0.2, 0.25) is 0 Å². The molecule has 0 spiro atoms. The summed E-state index contributed by atoms with van der Waals surface area (Å²) in [5, 5.41) is 7.50. The summed E-state index contributed by atoms with van der Waals surface area (Å²) < 4.78 is 6.24. The van der Waals surface area contributed by atoms with Gasteiger partial charge < -0.3 is 25.6 Å². The van der Waals surface area contributed by atoms with Crippen LogP contribution < -0.4 is 11.5 Å². The highest BCUT2D eigenvalue weighted by atomic mass is 16.6. The van der Waals surface area contributed by atoms with E-state index in [2.05, 4.69) is 10.3 Å². The van der Waals surface area contributed by atoms with Crippen LogP contribution in [0.25, 0.3) is 22.6 Å². The summed E-state index contributed by atoms with van der Waals surface area (Å²) in [5.74, 6) is 2.28. The van der Waals surface area contributed by atoms with Gasteiger partial charge in [0.25, 0.3) is 0 Å². The number of hydrogen-bond donors (Lipinski definition) is 2. The van der Waals surface area contributed by atoms with Gasteiger partial charge in [-0.1, -0.05) is 58.8 Å². The van der Waals surface area contributed by atoms with Gasteiger partial charge in [-0.2, -0.15) is 0 Å². The van der Waals surface area contributed by atoms with Crippen LogP contribution in [0.15, 0.2) is 63.3 Å². The molecule has 4 N–H and O–H groups in total. The predicted octanol–water partition coefficient (Wildman–Crippen LogP) is 3.76. The molecule has 3 aromatic rings. The van der Waals surface area contributed by atoms with E-state index in [-0.39, 0.29) is 0 Å². The van der Waals surface area contributed by atoms with E-state index in [1.165, 1.54) is 14.2 Å². The van der Waals surface area contributed by atoms with Crippen molar-refractivity contribution in [2.75, 3.05) is 14.2 Å². The van der Waals surface area contributed by atoms with Crippen molar-refractivity contribution in [2.24, 2.45) is 21.8 Å². The second-order valence-corrected chi connectivity index (χ2v) is 6.48. The fourth-order valence-corrected chi connectivity index (χ4v) is 3.03. The summed E-state index contributed by atoms with van der Waals surface area (Å²) in [6, 6.07) is 15.4. The number of nitrogens with zero attached hydrogens (tertiary/aromatic N) is 2. The third-order valence-corrected chi connectivity index (χ3v) is 4.71. The highest BCUT2D eigenvalue weighted by Gasteiger charge is 2.17. The zero-order valence-corrected chi connectivity index (χ0v) is 16.9. The lowest BCUT2D eigenvalue weighted by atomic mass is 10.0. The summed E-state index contributed by atoms with van der Waals surface area (Å²) >= 11 is 0. The van der Waals surface area contributed by atoms with Gasteiger partial charge in [-0.3, -0.25) is 0 Å². The standard InChI is InChI=1S/C22H24N4O3/c1-13-14(2)20(16-7-11-18(12-8-16)22(24)26-28-4)29-19(13)15-5-9-17(10-6-15)21(23)25-27-3/h5-12H,1-4H3,(H2,23,25)(H2,24,26). The number of furan rings is 1. The van der Waals surface area contributed by atoms with Gasteiger partial charge in [0.1, 0.15) is 25.7 Å². The fraction of sp³-hybridized carbons (Fsp3) is 0.182. The van der Waals surface area contributed by atoms with Gasteiger partial charge in [-0.15, -0.1) is 0 Å². The molecule has 7 nitrogen and oxygen atoms in total. The molecular weight excluding hydrogens is 368 g/mol. The summed E-state index contributed by atoms with van der Waals surface area (Å²) in [7, 11) is 2.92. The van der Waals surface area contributed by atoms with E-state index in [0.717, 1.165) is 44.9 Å². The van der Waals surface area contributed by atoms with Gasteiger partial charge in [0.05, 0.1) is 0 Å². The zero-order chi connectivity index (χ0) is 21.0. The summed E-state index contributed by atoms with van der Waals surface area (Å²) in [5.41, 5.74) is 17.3. The van der Waals surface area contributed by atoms with Crippen molar-refractivity contribution in [3.63, 3.8) is 0 Å². The van der Waals surface area contributed by atoms with Crippen molar-refractivity contribution in [2.45, 2.75) is 13.8 Å². The van der Waals surface area contributed by atoms with Crippen molar-refractivity contribution >= 4 is 11.7 Å². The Morgan fingerprint density at radius 2 is 1.03 bits per heavy atom. The Kier molecular flexibility index (Phi) is 5.87. The molecule has 0 saturated heterocycles. The lowest BCUT2D eigenvalue weighted by molar-refractivity contribution is 0.213. The third-order valence-electron chi connectivity index (χ3n) is 4.71. The molecule has 3 rings (SSSR count). The van der Waals surface area contributed by atoms with E-state index in [9.17, 15) is 0 Å². The largest absolute Gasteiger partial charge is 0.456 e. The Morgan fingerprint density at radius 3 is 1.34 bits per heavy atom. The zero-order valence-electron chi connectivity index (χ0n) is 16.9. The number of rotatable bonds is 6. The number of oxime groups is 2. The van der Waals surface area contributed by atoms with Gasteiger partial charge in [0, 0.05) is 22.3 Å². The van der Waals surface area contributed by atoms with Gasteiger partial charge in [0.2, 0.25) is 0 Å². The molecule has 0 bridgehead atoms. The first-order valence-electron chi connectivity index (χ1n) is 9.01. The van der Waals surface area contributed by atoms with Crippen molar-refractivity contribution in [1.82, 2.24) is 0 Å². The van der Waals surface area contributed by atoms with Crippen LogP contribution >= 0.6 is 0 Å². The molecule has 0 unspecified atom stereocenters. The molecule has 0 fully saturated rings. The average molecular weight is 392 g/mol. The van der Waals surface area contributed by atoms with Crippen LogP contribution in [0.3, 0.4) is 0 Å². The molecule has 0 aliphatic carbocycles. The van der Waals surface area contributed by atoms with Gasteiger partial charge in [0.15, 0.2) is 11.7 Å². The summed E-state index contributed by atoms with van der Waals surface area (Å²) in [4.78, 5) is 9.44. The van der Waals surface area contributed by atoms with Crippen molar-refractivity contribution in [3.05, 3.63) is 70.8 Å². The Balaban J connectivity index is 1.94. The molecule has 0 amide bonds. The van der Waals surface area contributed by atoms with Crippen molar-refractivity contribution < 1.29 is 14.1 Å². The van der Waals surface area contributed by atoms with Crippen LogP contribution in [0, 0.1) is 13.8 Å². The molecular formula is C22H24N4O3. The van der Waals surface area contributed by atoms with Crippen LogP contribution in [0.1, 0.15) is 22.3 Å². The number of benzene rings is 2. The van der Waals surface area contributed by atoms with E-state index < -0.39 is 0 Å². The van der Waals surface area contributed by atoms with E-state index in [1.54, 1.807) is 0 Å². The maximum atomic E-state index is 6.24. The maximum Gasteiger partial charge on any atom is 0.170 e. The fourth-order valence-electron chi connectivity index (χ4n) is 3.03. The number of hydrogen-bond acceptors (Lipinski definition) is 5. The molecule has 0 aliphatic rings. The van der Waals surface area contributed by atoms with Crippen LogP contribution in [0.5, 0.6) is 0 Å². The molecule has 0 atom stereocenters. The molecule has 2 aromatic carbocycles. The molecule has 1 aromatic heterocycles. The highest BCUT2D eigenvalue weighted by Crippen LogP contribution is 2.36. The topological polar surface area (TPSA) is 108 Å². The van der Waals surface area contributed by atoms with Crippen molar-refractivity contribution in [3.8, 4) is 22.6 Å². The van der Waals surface area contributed by atoms with E-state index in [1.807, 2.05) is 62.4 Å². The van der Waals surface area contributed by atoms with Crippen LogP contribution in [-0.4, -0.2) is 25.9 Å². The van der Waals surface area contributed by atoms with Crippen molar-refractivity contribution in [1.29, 1.82) is 0 Å². The second-order valence-electron chi connectivity index (χ2n) is 6.48. The number of nitrogens with two attached hydrogens (primary N) is 2. The lowest BCUT2D eigenvalue weighted by Crippen LogP contribution is -2.13. The predicted molar refractivity (Wildman–Crippen MR) is 115 cm³/mol. The van der Waals surface area contributed by atoms with Gasteiger partial charge >= 0.3 is 0 Å². The molecule has 1 heterocycles. The van der Waals surface area contributed by atoms with Crippen LogP contribution in [-0.2, 0) is 9.68 Å². The normalized spacial score (nSPS) is 12.1. The minimum absolute atomic E-state index is 0.323. The molecule has 29 heavy (non-hydrogen) atoms. The lowest BCUT2D eigenvalue weighted by Gasteiger charge is -2.03. The SMILES string of the molecule is CO/N=C(\N)c1ccc(-c2oc(-c3ccc(/C(N)=N/OC)cc3)c(C)c2C)cc1. The first-order valence-corrected chi connectivity index (χ1v) is 9.01. The van der Waals surface area contributed by atoms with Gasteiger partial charge in [-0.05, 0) is 25.0 Å². The molecule has 0 radical (unpaired) electrons. The maximum absolute atomic E-state index is 6.24. The molecule has 0 saturated carbocycles. The quantitative estimate of drug-likeness (QED) is 0.377. The minimum Gasteiger partial charge on any atom is -0.456 e. The first-order chi connectivity index (χ1) is 14.0. The van der Waals surface area contributed by atoms with Gasteiger partial charge in [-0.25, -0.2) is 0 Å². The average Bonchev–Trinajstić information content (AvgIpc) is 3.03.